The van der Waals surface area contributed by atoms with Gasteiger partial charge in [0.2, 0.25) is 5.91 Å². The molecule has 1 aliphatic heterocycles. The Labute approximate surface area is 114 Å². The first kappa shape index (κ1) is 14.0. The van der Waals surface area contributed by atoms with Crippen molar-refractivity contribution in [3.8, 4) is 0 Å². The van der Waals surface area contributed by atoms with Crippen LogP contribution in [0, 0.1) is 0 Å². The zero-order valence-electron chi connectivity index (χ0n) is 11.1. The minimum absolute atomic E-state index is 0.0786. The van der Waals surface area contributed by atoms with Crippen molar-refractivity contribution in [2.75, 3.05) is 6.61 Å². The first-order valence-electron chi connectivity index (χ1n) is 6.94. The van der Waals surface area contributed by atoms with Crippen molar-refractivity contribution in [3.63, 3.8) is 0 Å². The first-order chi connectivity index (χ1) is 9.34. The number of aryl methyl sites for hydroxylation is 1. The second-order valence-corrected chi connectivity index (χ2v) is 4.78. The second kappa shape index (κ2) is 7.92. The number of hydrogen-bond donors (Lipinski definition) is 1. The lowest BCUT2D eigenvalue weighted by atomic mass is 10.1. The van der Waals surface area contributed by atoms with Gasteiger partial charge in [-0.3, -0.25) is 4.79 Å². The van der Waals surface area contributed by atoms with Gasteiger partial charge < -0.3 is 4.74 Å². The predicted molar refractivity (Wildman–Crippen MR) is 72.2 cm³/mol. The highest BCUT2D eigenvalue weighted by Crippen LogP contribution is 2.12. The Morgan fingerprint density at radius 2 is 2.16 bits per heavy atom. The molecule has 0 radical (unpaired) electrons. The summed E-state index contributed by atoms with van der Waals surface area (Å²) < 4.78 is 5.37. The molecule has 0 unspecified atom stereocenters. The van der Waals surface area contributed by atoms with Gasteiger partial charge in [-0.2, -0.15) is 0 Å². The third kappa shape index (κ3) is 5.41. The smallest absolute Gasteiger partial charge is 0.243 e. The lowest BCUT2D eigenvalue weighted by Crippen LogP contribution is -2.33. The first-order valence-corrected chi connectivity index (χ1v) is 6.94. The number of ether oxygens (including phenoxy) is 1. The predicted octanol–water partition coefficient (Wildman–Crippen LogP) is 2.58. The summed E-state index contributed by atoms with van der Waals surface area (Å²) in [7, 11) is 0. The molecule has 1 aromatic carbocycles. The van der Waals surface area contributed by atoms with Crippen LogP contribution in [0.15, 0.2) is 30.3 Å². The van der Waals surface area contributed by atoms with E-state index in [1.807, 2.05) is 18.2 Å². The summed E-state index contributed by atoms with van der Waals surface area (Å²) in [6.45, 7) is 0.717. The molecule has 4 heteroatoms. The number of amides is 1. The minimum Gasteiger partial charge on any atom is -0.350 e. The maximum atomic E-state index is 11.6. The van der Waals surface area contributed by atoms with E-state index in [1.165, 1.54) is 5.56 Å². The van der Waals surface area contributed by atoms with E-state index in [2.05, 4.69) is 17.6 Å². The largest absolute Gasteiger partial charge is 0.350 e. The molecule has 4 nitrogen and oxygen atoms in total. The van der Waals surface area contributed by atoms with Crippen LogP contribution >= 0.6 is 0 Å². The third-order valence-electron chi connectivity index (χ3n) is 3.15. The van der Waals surface area contributed by atoms with Crippen molar-refractivity contribution >= 4 is 5.91 Å². The van der Waals surface area contributed by atoms with Gasteiger partial charge >= 0.3 is 0 Å². The molecular formula is C15H21NO3. The summed E-state index contributed by atoms with van der Waals surface area (Å²) in [4.78, 5) is 16.8. The molecule has 1 heterocycles. The van der Waals surface area contributed by atoms with E-state index in [1.54, 1.807) is 0 Å². The van der Waals surface area contributed by atoms with Crippen LogP contribution in [-0.4, -0.2) is 18.8 Å². The van der Waals surface area contributed by atoms with Crippen LogP contribution in [0.3, 0.4) is 0 Å². The van der Waals surface area contributed by atoms with Crippen molar-refractivity contribution in [1.29, 1.82) is 0 Å². The van der Waals surface area contributed by atoms with Gasteiger partial charge in [-0.15, -0.1) is 0 Å². The van der Waals surface area contributed by atoms with E-state index in [9.17, 15) is 4.79 Å². The number of benzene rings is 1. The zero-order valence-corrected chi connectivity index (χ0v) is 11.1. The molecule has 0 bridgehead atoms. The Morgan fingerprint density at radius 1 is 1.32 bits per heavy atom. The summed E-state index contributed by atoms with van der Waals surface area (Å²) in [6.07, 6.45) is 4.95. The molecule has 0 saturated carbocycles. The Bertz CT molecular complexity index is 374. The molecule has 2 rings (SSSR count). The average molecular weight is 263 g/mol. The molecular weight excluding hydrogens is 242 g/mol. The Kier molecular flexibility index (Phi) is 5.85. The molecule has 1 aliphatic rings. The van der Waals surface area contributed by atoms with Gasteiger partial charge in [0.15, 0.2) is 6.29 Å². The summed E-state index contributed by atoms with van der Waals surface area (Å²) in [5.41, 5.74) is 3.73. The van der Waals surface area contributed by atoms with E-state index >= 15 is 0 Å². The van der Waals surface area contributed by atoms with Crippen molar-refractivity contribution in [2.24, 2.45) is 0 Å². The highest BCUT2D eigenvalue weighted by molar-refractivity contribution is 5.74. The minimum atomic E-state index is -0.271. The summed E-state index contributed by atoms with van der Waals surface area (Å²) in [6, 6.07) is 10.2. The number of rotatable bonds is 6. The van der Waals surface area contributed by atoms with E-state index in [0.29, 0.717) is 13.0 Å². The fourth-order valence-electron chi connectivity index (χ4n) is 2.08. The monoisotopic (exact) mass is 263 g/mol. The van der Waals surface area contributed by atoms with Crippen LogP contribution in [0.5, 0.6) is 0 Å². The standard InChI is InChI=1S/C15H21NO3/c17-14(16-19-15-11-4-5-12-18-15)10-6-9-13-7-2-1-3-8-13/h1-3,7-8,15H,4-6,9-12H2,(H,16,17)/t15-/m1/s1. The second-order valence-electron chi connectivity index (χ2n) is 4.78. The topological polar surface area (TPSA) is 47.6 Å². The number of hydrogen-bond acceptors (Lipinski definition) is 3. The van der Waals surface area contributed by atoms with Crippen LogP contribution in [0.25, 0.3) is 0 Å². The molecule has 1 atom stereocenters. The van der Waals surface area contributed by atoms with Gasteiger partial charge in [0.25, 0.3) is 0 Å². The number of hydroxylamine groups is 1. The molecule has 0 aliphatic carbocycles. The number of nitrogens with one attached hydrogen (secondary N) is 1. The Balaban J connectivity index is 1.57. The summed E-state index contributed by atoms with van der Waals surface area (Å²) in [5, 5.41) is 0. The quantitative estimate of drug-likeness (QED) is 0.802. The van der Waals surface area contributed by atoms with Gasteiger partial charge in [-0.1, -0.05) is 30.3 Å². The zero-order chi connectivity index (χ0) is 13.3. The molecule has 0 spiro atoms. The van der Waals surface area contributed by atoms with Crippen molar-refractivity contribution in [1.82, 2.24) is 5.48 Å². The van der Waals surface area contributed by atoms with Gasteiger partial charge in [0.1, 0.15) is 0 Å². The van der Waals surface area contributed by atoms with Crippen molar-refractivity contribution in [2.45, 2.75) is 44.8 Å². The molecule has 1 fully saturated rings. The Morgan fingerprint density at radius 3 is 2.89 bits per heavy atom. The number of carbonyl (C=O) groups excluding carboxylic acids is 1. The average Bonchev–Trinajstić information content (AvgIpc) is 2.47. The maximum Gasteiger partial charge on any atom is 0.243 e. The van der Waals surface area contributed by atoms with Crippen molar-refractivity contribution in [3.05, 3.63) is 35.9 Å². The summed E-state index contributed by atoms with van der Waals surface area (Å²) in [5.74, 6) is -0.0786. The van der Waals surface area contributed by atoms with Gasteiger partial charge in [0.05, 0.1) is 0 Å². The normalized spacial score (nSPS) is 19.1. The van der Waals surface area contributed by atoms with Crippen LogP contribution < -0.4 is 5.48 Å². The van der Waals surface area contributed by atoms with Crippen LogP contribution in [0.4, 0.5) is 0 Å². The molecule has 1 aromatic rings. The molecule has 104 valence electrons. The fraction of sp³-hybridized carbons (Fsp3) is 0.533. The molecule has 19 heavy (non-hydrogen) atoms. The number of carbonyl (C=O) groups is 1. The lowest BCUT2D eigenvalue weighted by molar-refractivity contribution is -0.200. The van der Waals surface area contributed by atoms with E-state index in [-0.39, 0.29) is 12.2 Å². The molecule has 1 amide bonds. The van der Waals surface area contributed by atoms with Crippen LogP contribution in [0.2, 0.25) is 0 Å². The maximum absolute atomic E-state index is 11.6. The van der Waals surface area contributed by atoms with Gasteiger partial charge in [-0.25, -0.2) is 10.3 Å². The van der Waals surface area contributed by atoms with Crippen LogP contribution in [0.1, 0.15) is 37.7 Å². The van der Waals surface area contributed by atoms with E-state index in [4.69, 9.17) is 9.57 Å². The summed E-state index contributed by atoms with van der Waals surface area (Å²) >= 11 is 0. The highest BCUT2D eigenvalue weighted by Gasteiger charge is 2.15. The van der Waals surface area contributed by atoms with Gasteiger partial charge in [-0.05, 0) is 31.2 Å². The molecule has 1 N–H and O–H groups in total. The molecule has 0 aromatic heterocycles. The third-order valence-corrected chi connectivity index (χ3v) is 3.15. The van der Waals surface area contributed by atoms with Crippen molar-refractivity contribution < 1.29 is 14.4 Å². The van der Waals surface area contributed by atoms with Gasteiger partial charge in [0, 0.05) is 19.4 Å². The van der Waals surface area contributed by atoms with E-state index < -0.39 is 0 Å². The molecule has 1 saturated heterocycles. The Hall–Kier alpha value is -1.39. The SMILES string of the molecule is O=C(CCCc1ccccc1)NO[C@@H]1CCCCO1. The lowest BCUT2D eigenvalue weighted by Gasteiger charge is -2.22. The van der Waals surface area contributed by atoms with Crippen LogP contribution in [-0.2, 0) is 20.8 Å². The fourth-order valence-corrected chi connectivity index (χ4v) is 2.08. The van der Waals surface area contributed by atoms with E-state index in [0.717, 1.165) is 32.1 Å². The highest BCUT2D eigenvalue weighted by atomic mass is 16.8.